The molecule has 0 aliphatic rings. The van der Waals surface area contributed by atoms with Crippen LogP contribution in [0.2, 0.25) is 10.2 Å². The zero-order valence-corrected chi connectivity index (χ0v) is 15.3. The first-order valence-corrected chi connectivity index (χ1v) is 8.38. The molecule has 3 rings (SSSR count). The van der Waals surface area contributed by atoms with E-state index in [1.807, 2.05) is 0 Å². The van der Waals surface area contributed by atoms with E-state index in [9.17, 15) is 10.3 Å². The molecule has 0 saturated heterocycles. The molecule has 0 unspecified atom stereocenters. The van der Waals surface area contributed by atoms with Gasteiger partial charge in [-0.1, -0.05) is 23.2 Å². The van der Waals surface area contributed by atoms with Gasteiger partial charge in [0.25, 0.3) is 0 Å². The Labute approximate surface area is 154 Å². The summed E-state index contributed by atoms with van der Waals surface area (Å²) in [6.07, 6.45) is 3.64. The predicted octanol–water partition coefficient (Wildman–Crippen LogP) is 2.15. The SMILES string of the molecule is Cc1c[n+]([O-])c(Cn2cc(CCO)c3c(Cl)nc(N)nc32)c(C)c1Cl. The summed E-state index contributed by atoms with van der Waals surface area (Å²) in [6.45, 7) is 3.78. The number of nitrogen functional groups attached to an aromatic ring is 1. The zero-order valence-electron chi connectivity index (χ0n) is 13.8. The van der Waals surface area contributed by atoms with Gasteiger partial charge >= 0.3 is 0 Å². The summed E-state index contributed by atoms with van der Waals surface area (Å²) in [6, 6.07) is 0. The molecule has 132 valence electrons. The highest BCUT2D eigenvalue weighted by Crippen LogP contribution is 2.29. The lowest BCUT2D eigenvalue weighted by atomic mass is 10.1. The van der Waals surface area contributed by atoms with Crippen LogP contribution in [0.15, 0.2) is 12.4 Å². The number of pyridine rings is 1. The number of halogens is 2. The average Bonchev–Trinajstić information content (AvgIpc) is 2.87. The fraction of sp³-hybridized carbons (Fsp3) is 0.312. The Hall–Kier alpha value is -2.09. The number of fused-ring (bicyclic) bond motifs is 1. The van der Waals surface area contributed by atoms with Crippen LogP contribution in [0.4, 0.5) is 5.95 Å². The van der Waals surface area contributed by atoms with Crippen molar-refractivity contribution in [1.29, 1.82) is 0 Å². The second kappa shape index (κ2) is 6.67. The summed E-state index contributed by atoms with van der Waals surface area (Å²) in [4.78, 5) is 8.23. The van der Waals surface area contributed by atoms with Crippen LogP contribution >= 0.6 is 23.2 Å². The van der Waals surface area contributed by atoms with Crippen LogP contribution in [-0.4, -0.2) is 26.2 Å². The van der Waals surface area contributed by atoms with E-state index in [0.29, 0.717) is 39.3 Å². The van der Waals surface area contributed by atoms with Crippen molar-refractivity contribution >= 4 is 40.2 Å². The number of aryl methyl sites for hydroxylation is 1. The number of hydrogen-bond acceptors (Lipinski definition) is 5. The largest absolute Gasteiger partial charge is 0.618 e. The van der Waals surface area contributed by atoms with Gasteiger partial charge in [0, 0.05) is 23.9 Å². The van der Waals surface area contributed by atoms with E-state index in [4.69, 9.17) is 28.9 Å². The van der Waals surface area contributed by atoms with Crippen molar-refractivity contribution in [3.05, 3.63) is 50.2 Å². The van der Waals surface area contributed by atoms with Crippen LogP contribution in [0.25, 0.3) is 11.0 Å². The minimum atomic E-state index is -0.0449. The molecule has 3 aromatic rings. The highest BCUT2D eigenvalue weighted by molar-refractivity contribution is 6.34. The molecule has 9 heteroatoms. The van der Waals surface area contributed by atoms with Crippen LogP contribution in [0.5, 0.6) is 0 Å². The molecule has 0 bridgehead atoms. The lowest BCUT2D eigenvalue weighted by Crippen LogP contribution is -2.34. The van der Waals surface area contributed by atoms with Crippen molar-refractivity contribution in [2.45, 2.75) is 26.8 Å². The molecule has 3 aromatic heterocycles. The molecule has 0 aliphatic carbocycles. The van der Waals surface area contributed by atoms with Crippen molar-refractivity contribution in [3.63, 3.8) is 0 Å². The molecular formula is C16H17Cl2N5O2. The highest BCUT2D eigenvalue weighted by atomic mass is 35.5. The van der Waals surface area contributed by atoms with E-state index in [1.54, 1.807) is 24.6 Å². The summed E-state index contributed by atoms with van der Waals surface area (Å²) >= 11 is 12.5. The summed E-state index contributed by atoms with van der Waals surface area (Å²) in [5, 5.41) is 23.0. The molecule has 0 atom stereocenters. The molecular weight excluding hydrogens is 365 g/mol. The number of hydrogen-bond donors (Lipinski definition) is 2. The van der Waals surface area contributed by atoms with E-state index in [1.165, 1.54) is 6.20 Å². The Morgan fingerprint density at radius 1 is 1.32 bits per heavy atom. The van der Waals surface area contributed by atoms with E-state index in [2.05, 4.69) is 9.97 Å². The molecule has 0 spiro atoms. The molecule has 3 heterocycles. The number of anilines is 1. The van der Waals surface area contributed by atoms with Crippen LogP contribution in [0.1, 0.15) is 22.4 Å². The Kier molecular flexibility index (Phi) is 4.73. The first kappa shape index (κ1) is 17.7. The maximum Gasteiger partial charge on any atom is 0.223 e. The third-order valence-corrected chi connectivity index (χ3v) is 5.01. The monoisotopic (exact) mass is 381 g/mol. The van der Waals surface area contributed by atoms with Crippen molar-refractivity contribution in [2.75, 3.05) is 12.3 Å². The molecule has 0 saturated carbocycles. The fourth-order valence-corrected chi connectivity index (χ4v) is 3.36. The van der Waals surface area contributed by atoms with Gasteiger partial charge in [-0.25, -0.2) is 4.98 Å². The molecule has 0 aliphatic heterocycles. The molecule has 3 N–H and O–H groups in total. The molecule has 7 nitrogen and oxygen atoms in total. The Balaban J connectivity index is 2.19. The van der Waals surface area contributed by atoms with Gasteiger partial charge in [0.05, 0.1) is 10.4 Å². The summed E-state index contributed by atoms with van der Waals surface area (Å²) in [5.41, 5.74) is 8.93. The van der Waals surface area contributed by atoms with Gasteiger partial charge in [-0.05, 0) is 25.8 Å². The molecule has 25 heavy (non-hydrogen) atoms. The molecule has 0 fully saturated rings. The summed E-state index contributed by atoms with van der Waals surface area (Å²) < 4.78 is 2.58. The summed E-state index contributed by atoms with van der Waals surface area (Å²) in [7, 11) is 0. The lowest BCUT2D eigenvalue weighted by Gasteiger charge is -2.12. The van der Waals surface area contributed by atoms with E-state index in [-0.39, 0.29) is 24.3 Å². The van der Waals surface area contributed by atoms with Gasteiger partial charge in [-0.2, -0.15) is 9.71 Å². The van der Waals surface area contributed by atoms with Crippen molar-refractivity contribution < 1.29 is 9.84 Å². The molecule has 0 aromatic carbocycles. The smallest absolute Gasteiger partial charge is 0.223 e. The van der Waals surface area contributed by atoms with Gasteiger partial charge in [0.2, 0.25) is 11.6 Å². The number of aliphatic hydroxyl groups excluding tert-OH is 1. The van der Waals surface area contributed by atoms with Gasteiger partial charge in [-0.15, -0.1) is 0 Å². The summed E-state index contributed by atoms with van der Waals surface area (Å²) in [5.74, 6) is 0.0426. The standard InChI is InChI=1S/C16H17Cl2N5O2/c1-8-5-23(25)11(9(2)13(8)17)7-22-6-10(3-4-24)12-14(18)20-16(19)21-15(12)22/h5-6,24H,3-4,7H2,1-2H3,(H2,19,20,21). The van der Waals surface area contributed by atoms with Gasteiger partial charge in [-0.3, -0.25) is 0 Å². The first-order valence-electron chi connectivity index (χ1n) is 7.62. The van der Waals surface area contributed by atoms with E-state index >= 15 is 0 Å². The lowest BCUT2D eigenvalue weighted by molar-refractivity contribution is -0.615. The van der Waals surface area contributed by atoms with Crippen molar-refractivity contribution in [1.82, 2.24) is 14.5 Å². The maximum absolute atomic E-state index is 12.3. The zero-order chi connectivity index (χ0) is 18.3. The fourth-order valence-electron chi connectivity index (χ4n) is 2.91. The van der Waals surface area contributed by atoms with Crippen LogP contribution in [-0.2, 0) is 13.0 Å². The third-order valence-electron chi connectivity index (χ3n) is 4.15. The quantitative estimate of drug-likeness (QED) is 0.409. The second-order valence-corrected chi connectivity index (χ2v) is 6.59. The minimum absolute atomic E-state index is 0.0426. The second-order valence-electron chi connectivity index (χ2n) is 5.85. The Bertz CT molecular complexity index is 971. The first-order chi connectivity index (χ1) is 11.8. The highest BCUT2D eigenvalue weighted by Gasteiger charge is 2.20. The number of rotatable bonds is 4. The van der Waals surface area contributed by atoms with Gasteiger partial charge < -0.3 is 20.6 Å². The number of nitrogens with zero attached hydrogens (tertiary/aromatic N) is 4. The molecule has 0 radical (unpaired) electrons. The van der Waals surface area contributed by atoms with Gasteiger partial charge in [0.15, 0.2) is 6.20 Å². The van der Waals surface area contributed by atoms with Crippen LogP contribution < -0.4 is 10.5 Å². The molecule has 0 amide bonds. The normalized spacial score (nSPS) is 11.4. The van der Waals surface area contributed by atoms with Crippen LogP contribution in [0.3, 0.4) is 0 Å². The number of nitrogens with two attached hydrogens (primary N) is 1. The third kappa shape index (κ3) is 3.10. The number of aliphatic hydroxyl groups is 1. The van der Waals surface area contributed by atoms with Crippen LogP contribution in [0, 0.1) is 19.1 Å². The van der Waals surface area contributed by atoms with Crippen molar-refractivity contribution in [3.8, 4) is 0 Å². The Morgan fingerprint density at radius 3 is 2.72 bits per heavy atom. The van der Waals surface area contributed by atoms with E-state index < -0.39 is 0 Å². The average molecular weight is 382 g/mol. The maximum atomic E-state index is 12.3. The minimum Gasteiger partial charge on any atom is -0.618 e. The van der Waals surface area contributed by atoms with Gasteiger partial charge in [0.1, 0.15) is 17.3 Å². The predicted molar refractivity (Wildman–Crippen MR) is 96.7 cm³/mol. The Morgan fingerprint density at radius 2 is 2.04 bits per heavy atom. The van der Waals surface area contributed by atoms with E-state index in [0.717, 1.165) is 10.3 Å². The van der Waals surface area contributed by atoms with Crippen molar-refractivity contribution in [2.24, 2.45) is 0 Å². The topological polar surface area (TPSA) is 104 Å². The number of aromatic nitrogens is 4.